The fraction of sp³-hybridized carbons (Fsp3) is 0.333. The highest BCUT2D eigenvalue weighted by Gasteiger charge is 2.29. The Morgan fingerprint density at radius 3 is 2.91 bits per heavy atom. The van der Waals surface area contributed by atoms with Gasteiger partial charge >= 0.3 is 0 Å². The Balaban J connectivity index is 1.68. The fourth-order valence-electron chi connectivity index (χ4n) is 3.23. The van der Waals surface area contributed by atoms with Gasteiger partial charge in [-0.15, -0.1) is 0 Å². The number of benzene rings is 1. The van der Waals surface area contributed by atoms with E-state index >= 15 is 0 Å². The first-order valence-corrected chi connectivity index (χ1v) is 7.83. The maximum absolute atomic E-state index is 12.4. The number of aryl methyl sites for hydroxylation is 1. The normalized spacial score (nSPS) is 17.8. The van der Waals surface area contributed by atoms with Gasteiger partial charge in [-0.3, -0.25) is 9.69 Å². The van der Waals surface area contributed by atoms with Crippen molar-refractivity contribution in [1.29, 1.82) is 5.26 Å². The molecule has 118 valence electrons. The molecule has 23 heavy (non-hydrogen) atoms. The lowest BCUT2D eigenvalue weighted by Gasteiger charge is -2.24. The summed E-state index contributed by atoms with van der Waals surface area (Å²) in [7, 11) is 2.04. The van der Waals surface area contributed by atoms with E-state index in [1.54, 1.807) is 18.2 Å². The third-order valence-corrected chi connectivity index (χ3v) is 4.36. The second kappa shape index (κ2) is 6.67. The van der Waals surface area contributed by atoms with E-state index in [0.717, 1.165) is 19.4 Å². The van der Waals surface area contributed by atoms with Crippen LogP contribution in [-0.4, -0.2) is 28.5 Å². The van der Waals surface area contributed by atoms with Gasteiger partial charge in [-0.05, 0) is 43.7 Å². The molecule has 5 heteroatoms. The van der Waals surface area contributed by atoms with E-state index in [9.17, 15) is 4.79 Å². The van der Waals surface area contributed by atoms with Crippen LogP contribution >= 0.6 is 0 Å². The lowest BCUT2D eigenvalue weighted by molar-refractivity contribution is -0.117. The van der Waals surface area contributed by atoms with Crippen LogP contribution in [0.2, 0.25) is 0 Å². The Labute approximate surface area is 136 Å². The molecule has 0 saturated carbocycles. The van der Waals surface area contributed by atoms with Gasteiger partial charge in [0.25, 0.3) is 0 Å². The van der Waals surface area contributed by atoms with Gasteiger partial charge in [0.15, 0.2) is 0 Å². The summed E-state index contributed by atoms with van der Waals surface area (Å²) in [6.07, 6.45) is 4.20. The molecular formula is C18H20N4O. The van der Waals surface area contributed by atoms with Gasteiger partial charge in [0.05, 0.1) is 23.8 Å². The summed E-state index contributed by atoms with van der Waals surface area (Å²) in [5, 5.41) is 12.0. The van der Waals surface area contributed by atoms with Crippen molar-refractivity contribution >= 4 is 11.6 Å². The molecule has 0 aliphatic carbocycles. The number of hydrogen-bond acceptors (Lipinski definition) is 3. The van der Waals surface area contributed by atoms with Crippen molar-refractivity contribution < 1.29 is 4.79 Å². The third-order valence-electron chi connectivity index (χ3n) is 4.36. The monoisotopic (exact) mass is 308 g/mol. The van der Waals surface area contributed by atoms with E-state index in [1.807, 2.05) is 25.4 Å². The van der Waals surface area contributed by atoms with Gasteiger partial charge in [0.1, 0.15) is 6.07 Å². The molecule has 1 fully saturated rings. The van der Waals surface area contributed by atoms with Crippen molar-refractivity contribution in [3.05, 3.63) is 53.9 Å². The van der Waals surface area contributed by atoms with E-state index in [4.69, 9.17) is 5.26 Å². The number of carbonyl (C=O) groups excluding carboxylic acids is 1. The zero-order valence-electron chi connectivity index (χ0n) is 13.2. The number of para-hydroxylation sites is 1. The van der Waals surface area contributed by atoms with Crippen molar-refractivity contribution in [3.63, 3.8) is 0 Å². The van der Waals surface area contributed by atoms with E-state index in [1.165, 1.54) is 5.69 Å². The molecule has 2 aromatic rings. The summed E-state index contributed by atoms with van der Waals surface area (Å²) in [5.74, 6) is -0.0752. The predicted octanol–water partition coefficient (Wildman–Crippen LogP) is 2.67. The number of rotatable bonds is 4. The summed E-state index contributed by atoms with van der Waals surface area (Å²) >= 11 is 0. The maximum atomic E-state index is 12.4. The SMILES string of the molecule is Cn1cccc1[C@H]1CCCN1CC(=O)Nc1ccccc1C#N. The van der Waals surface area contributed by atoms with Crippen molar-refractivity contribution in [2.45, 2.75) is 18.9 Å². The predicted molar refractivity (Wildman–Crippen MR) is 88.7 cm³/mol. The first-order valence-electron chi connectivity index (χ1n) is 7.83. The molecule has 0 unspecified atom stereocenters. The summed E-state index contributed by atoms with van der Waals surface area (Å²) < 4.78 is 2.12. The summed E-state index contributed by atoms with van der Waals surface area (Å²) in [4.78, 5) is 14.6. The number of likely N-dealkylation sites (tertiary alicyclic amines) is 1. The van der Waals surface area contributed by atoms with Gasteiger partial charge < -0.3 is 9.88 Å². The molecule has 1 aliphatic rings. The Kier molecular flexibility index (Phi) is 4.45. The molecule has 1 amide bonds. The first-order chi connectivity index (χ1) is 11.2. The molecule has 2 heterocycles. The van der Waals surface area contributed by atoms with Gasteiger partial charge in [0.2, 0.25) is 5.91 Å². The quantitative estimate of drug-likeness (QED) is 0.944. The van der Waals surface area contributed by atoms with Crippen molar-refractivity contribution in [1.82, 2.24) is 9.47 Å². The largest absolute Gasteiger partial charge is 0.353 e. The molecule has 1 N–H and O–H groups in total. The molecule has 0 spiro atoms. The van der Waals surface area contributed by atoms with Crippen molar-refractivity contribution in [2.24, 2.45) is 7.05 Å². The van der Waals surface area contributed by atoms with Crippen LogP contribution in [0.25, 0.3) is 0 Å². The average Bonchev–Trinajstić information content (AvgIpc) is 3.16. The Morgan fingerprint density at radius 1 is 1.35 bits per heavy atom. The third kappa shape index (κ3) is 3.27. The summed E-state index contributed by atoms with van der Waals surface area (Å²) in [6.45, 7) is 1.26. The van der Waals surface area contributed by atoms with Gasteiger partial charge in [-0.1, -0.05) is 12.1 Å². The minimum atomic E-state index is -0.0752. The van der Waals surface area contributed by atoms with Crippen LogP contribution < -0.4 is 5.32 Å². The van der Waals surface area contributed by atoms with Crippen molar-refractivity contribution in [2.75, 3.05) is 18.4 Å². The number of nitriles is 1. The number of amides is 1. The molecule has 1 saturated heterocycles. The van der Waals surface area contributed by atoms with Gasteiger partial charge in [-0.25, -0.2) is 0 Å². The Bertz CT molecular complexity index is 743. The molecule has 0 bridgehead atoms. The zero-order chi connectivity index (χ0) is 16.2. The van der Waals surface area contributed by atoms with Crippen LogP contribution in [0.4, 0.5) is 5.69 Å². The number of aromatic nitrogens is 1. The van der Waals surface area contributed by atoms with Gasteiger partial charge in [0, 0.05) is 18.9 Å². The molecular weight excluding hydrogens is 288 g/mol. The first kappa shape index (κ1) is 15.3. The average molecular weight is 308 g/mol. The standard InChI is InChI=1S/C18H20N4O/c1-21-10-4-8-16(21)17-9-5-11-22(17)13-18(23)20-15-7-3-2-6-14(15)12-19/h2-4,6-8,10,17H,5,9,11,13H2,1H3,(H,20,23)/t17-/m1/s1. The van der Waals surface area contributed by atoms with Crippen LogP contribution in [0.15, 0.2) is 42.6 Å². The summed E-state index contributed by atoms with van der Waals surface area (Å²) in [6, 6.07) is 13.6. The second-order valence-electron chi connectivity index (χ2n) is 5.88. The fourth-order valence-corrected chi connectivity index (χ4v) is 3.23. The number of carbonyl (C=O) groups is 1. The van der Waals surface area contributed by atoms with Crippen LogP contribution in [0.1, 0.15) is 30.1 Å². The summed E-state index contributed by atoms with van der Waals surface area (Å²) in [5.41, 5.74) is 2.31. The van der Waals surface area contributed by atoms with Crippen LogP contribution in [0.5, 0.6) is 0 Å². The molecule has 1 atom stereocenters. The lowest BCUT2D eigenvalue weighted by Crippen LogP contribution is -2.33. The van der Waals surface area contributed by atoms with Crippen LogP contribution in [0.3, 0.4) is 0 Å². The van der Waals surface area contributed by atoms with E-state index in [2.05, 4.69) is 26.9 Å². The molecule has 5 nitrogen and oxygen atoms in total. The second-order valence-corrected chi connectivity index (χ2v) is 5.88. The van der Waals surface area contributed by atoms with E-state index in [0.29, 0.717) is 17.8 Å². The zero-order valence-corrected chi connectivity index (χ0v) is 13.2. The minimum Gasteiger partial charge on any atom is -0.353 e. The Hall–Kier alpha value is -2.58. The number of nitrogens with zero attached hydrogens (tertiary/aromatic N) is 3. The topological polar surface area (TPSA) is 61.1 Å². The smallest absolute Gasteiger partial charge is 0.238 e. The number of hydrogen-bond donors (Lipinski definition) is 1. The highest BCUT2D eigenvalue weighted by atomic mass is 16.2. The molecule has 1 aliphatic heterocycles. The maximum Gasteiger partial charge on any atom is 0.238 e. The molecule has 0 radical (unpaired) electrons. The number of anilines is 1. The highest BCUT2D eigenvalue weighted by molar-refractivity contribution is 5.93. The Morgan fingerprint density at radius 2 is 2.17 bits per heavy atom. The molecule has 1 aromatic heterocycles. The van der Waals surface area contributed by atoms with Crippen LogP contribution in [0, 0.1) is 11.3 Å². The van der Waals surface area contributed by atoms with Crippen molar-refractivity contribution in [3.8, 4) is 6.07 Å². The van der Waals surface area contributed by atoms with Crippen LogP contribution in [-0.2, 0) is 11.8 Å². The van der Waals surface area contributed by atoms with E-state index in [-0.39, 0.29) is 11.9 Å². The number of nitrogens with one attached hydrogen (secondary N) is 1. The van der Waals surface area contributed by atoms with Gasteiger partial charge in [-0.2, -0.15) is 5.26 Å². The minimum absolute atomic E-state index is 0.0752. The highest BCUT2D eigenvalue weighted by Crippen LogP contribution is 2.31. The lowest BCUT2D eigenvalue weighted by atomic mass is 10.1. The molecule has 3 rings (SSSR count). The van der Waals surface area contributed by atoms with E-state index < -0.39 is 0 Å². The molecule has 1 aromatic carbocycles.